The van der Waals surface area contributed by atoms with Crippen LogP contribution in [-0.4, -0.2) is 16.7 Å². The lowest BCUT2D eigenvalue weighted by Crippen LogP contribution is -2.12. The van der Waals surface area contributed by atoms with Gasteiger partial charge < -0.3 is 5.32 Å². The highest BCUT2D eigenvalue weighted by Gasteiger charge is 2.38. The van der Waals surface area contributed by atoms with Gasteiger partial charge in [-0.15, -0.1) is 0 Å². The number of aromatic amines is 1. The number of rotatable bonds is 9. The second kappa shape index (κ2) is 8.17. The number of H-pyrrole nitrogens is 1. The summed E-state index contributed by atoms with van der Waals surface area (Å²) in [5, 5.41) is 9.15. The maximum absolute atomic E-state index is 13.1. The molecular weight excluding hydrogens is 267 g/mol. The van der Waals surface area contributed by atoms with Crippen molar-refractivity contribution in [1.82, 2.24) is 10.2 Å². The molecular formula is C14H24F3N3. The van der Waals surface area contributed by atoms with E-state index in [2.05, 4.69) is 22.4 Å². The second-order valence-electron chi connectivity index (χ2n) is 5.01. The molecule has 6 heteroatoms. The number of aryl methyl sites for hydroxylation is 1. The Labute approximate surface area is 118 Å². The third-order valence-electron chi connectivity index (χ3n) is 3.23. The van der Waals surface area contributed by atoms with Crippen LogP contribution in [0.5, 0.6) is 0 Å². The fourth-order valence-corrected chi connectivity index (χ4v) is 2.13. The molecule has 1 heterocycles. The number of alkyl halides is 3. The Balaban J connectivity index is 2.73. The quantitative estimate of drug-likeness (QED) is 0.644. The van der Waals surface area contributed by atoms with Crippen molar-refractivity contribution in [1.29, 1.82) is 0 Å². The lowest BCUT2D eigenvalue weighted by Gasteiger charge is -2.11. The topological polar surface area (TPSA) is 40.7 Å². The summed E-state index contributed by atoms with van der Waals surface area (Å²) in [5.74, 6) is -0.0555. The molecule has 3 nitrogen and oxygen atoms in total. The SMILES string of the molecule is CCCCCNc1n[nH]c(CCCCC)c1C(F)(F)F. The van der Waals surface area contributed by atoms with Crippen molar-refractivity contribution >= 4 is 5.82 Å². The molecule has 2 N–H and O–H groups in total. The average Bonchev–Trinajstić information content (AvgIpc) is 2.78. The Hall–Kier alpha value is -1.20. The Morgan fingerprint density at radius 2 is 1.70 bits per heavy atom. The van der Waals surface area contributed by atoms with Crippen molar-refractivity contribution in [3.8, 4) is 0 Å². The summed E-state index contributed by atoms with van der Waals surface area (Å²) >= 11 is 0. The number of nitrogens with zero attached hydrogens (tertiary/aromatic N) is 1. The molecule has 0 fully saturated rings. The maximum Gasteiger partial charge on any atom is 0.421 e. The highest BCUT2D eigenvalue weighted by atomic mass is 19.4. The van der Waals surface area contributed by atoms with E-state index < -0.39 is 11.7 Å². The molecule has 0 aromatic carbocycles. The van der Waals surface area contributed by atoms with E-state index >= 15 is 0 Å². The van der Waals surface area contributed by atoms with Crippen LogP contribution in [0, 0.1) is 0 Å². The van der Waals surface area contributed by atoms with Gasteiger partial charge in [0.2, 0.25) is 0 Å². The molecule has 0 unspecified atom stereocenters. The van der Waals surface area contributed by atoms with Gasteiger partial charge in [-0.2, -0.15) is 18.3 Å². The van der Waals surface area contributed by atoms with Crippen LogP contribution in [0.15, 0.2) is 0 Å². The molecule has 0 saturated carbocycles. The Morgan fingerprint density at radius 3 is 2.30 bits per heavy atom. The van der Waals surface area contributed by atoms with Crippen molar-refractivity contribution in [2.75, 3.05) is 11.9 Å². The van der Waals surface area contributed by atoms with Crippen LogP contribution < -0.4 is 5.32 Å². The summed E-state index contributed by atoms with van der Waals surface area (Å²) in [6, 6.07) is 0. The van der Waals surface area contributed by atoms with Crippen molar-refractivity contribution in [3.05, 3.63) is 11.3 Å². The van der Waals surface area contributed by atoms with Crippen molar-refractivity contribution < 1.29 is 13.2 Å². The third-order valence-corrected chi connectivity index (χ3v) is 3.23. The molecule has 0 bridgehead atoms. The largest absolute Gasteiger partial charge is 0.421 e. The molecule has 0 atom stereocenters. The fraction of sp³-hybridized carbons (Fsp3) is 0.786. The number of hydrogen-bond acceptors (Lipinski definition) is 2. The predicted molar refractivity (Wildman–Crippen MR) is 74.8 cm³/mol. The molecule has 0 aliphatic heterocycles. The summed E-state index contributed by atoms with van der Waals surface area (Å²) in [6.45, 7) is 4.61. The minimum atomic E-state index is -4.36. The lowest BCUT2D eigenvalue weighted by atomic mass is 10.1. The molecule has 0 radical (unpaired) electrons. The van der Waals surface area contributed by atoms with Crippen LogP contribution in [0.2, 0.25) is 0 Å². The lowest BCUT2D eigenvalue weighted by molar-refractivity contribution is -0.137. The van der Waals surface area contributed by atoms with Crippen molar-refractivity contribution in [3.63, 3.8) is 0 Å². The Morgan fingerprint density at radius 1 is 1.05 bits per heavy atom. The number of nitrogens with one attached hydrogen (secondary N) is 2. The van der Waals surface area contributed by atoms with Gasteiger partial charge in [-0.05, 0) is 19.3 Å². The van der Waals surface area contributed by atoms with E-state index in [1.807, 2.05) is 6.92 Å². The Bertz CT molecular complexity index is 386. The highest BCUT2D eigenvalue weighted by Crippen LogP contribution is 2.36. The molecule has 0 amide bonds. The zero-order chi connectivity index (χ0) is 15.0. The van der Waals surface area contributed by atoms with Crippen LogP contribution in [0.4, 0.5) is 19.0 Å². The first-order chi connectivity index (χ1) is 9.50. The van der Waals surface area contributed by atoms with Gasteiger partial charge in [-0.3, -0.25) is 5.10 Å². The average molecular weight is 291 g/mol. The van der Waals surface area contributed by atoms with E-state index in [0.717, 1.165) is 38.5 Å². The van der Waals surface area contributed by atoms with Crippen LogP contribution >= 0.6 is 0 Å². The first-order valence-electron chi connectivity index (χ1n) is 7.39. The fourth-order valence-electron chi connectivity index (χ4n) is 2.13. The number of anilines is 1. The predicted octanol–water partition coefficient (Wildman–Crippen LogP) is 4.76. The molecule has 0 saturated heterocycles. The van der Waals surface area contributed by atoms with Gasteiger partial charge in [0.25, 0.3) is 0 Å². The number of halogens is 3. The van der Waals surface area contributed by atoms with Crippen LogP contribution in [0.25, 0.3) is 0 Å². The van der Waals surface area contributed by atoms with Crippen LogP contribution in [0.1, 0.15) is 63.6 Å². The first-order valence-corrected chi connectivity index (χ1v) is 7.39. The van der Waals surface area contributed by atoms with E-state index in [0.29, 0.717) is 13.0 Å². The summed E-state index contributed by atoms with van der Waals surface area (Å²) in [7, 11) is 0. The van der Waals surface area contributed by atoms with Gasteiger partial charge in [-0.25, -0.2) is 0 Å². The molecule has 0 aliphatic carbocycles. The van der Waals surface area contributed by atoms with Crippen molar-refractivity contribution in [2.45, 2.75) is 65.0 Å². The second-order valence-corrected chi connectivity index (χ2v) is 5.01. The molecule has 0 spiro atoms. The molecule has 1 aromatic rings. The molecule has 20 heavy (non-hydrogen) atoms. The molecule has 1 aromatic heterocycles. The molecule has 0 aliphatic rings. The van der Waals surface area contributed by atoms with Crippen LogP contribution in [0.3, 0.4) is 0 Å². The summed E-state index contributed by atoms with van der Waals surface area (Å²) in [5.41, 5.74) is -0.422. The summed E-state index contributed by atoms with van der Waals surface area (Å²) < 4.78 is 39.4. The van der Waals surface area contributed by atoms with E-state index in [9.17, 15) is 13.2 Å². The van der Waals surface area contributed by atoms with Gasteiger partial charge in [0.1, 0.15) is 5.56 Å². The van der Waals surface area contributed by atoms with Gasteiger partial charge in [0.05, 0.1) is 0 Å². The van der Waals surface area contributed by atoms with Gasteiger partial charge in [0.15, 0.2) is 5.82 Å². The zero-order valence-corrected chi connectivity index (χ0v) is 12.2. The standard InChI is InChI=1S/C14H24F3N3/c1-3-5-7-9-11-12(14(15,16)17)13(20-19-11)18-10-8-6-4-2/h3-10H2,1-2H3,(H2,18,19,20). The number of hydrogen-bond donors (Lipinski definition) is 2. The molecule has 116 valence electrons. The first kappa shape index (κ1) is 16.9. The summed E-state index contributed by atoms with van der Waals surface area (Å²) in [6.07, 6.45) is 1.59. The molecule has 1 rings (SSSR count). The van der Waals surface area contributed by atoms with E-state index in [-0.39, 0.29) is 11.5 Å². The monoisotopic (exact) mass is 291 g/mol. The van der Waals surface area contributed by atoms with E-state index in [1.165, 1.54) is 0 Å². The number of aromatic nitrogens is 2. The van der Waals surface area contributed by atoms with Gasteiger partial charge in [0, 0.05) is 12.2 Å². The Kier molecular flexibility index (Phi) is 6.88. The number of unbranched alkanes of at least 4 members (excludes halogenated alkanes) is 4. The minimum Gasteiger partial charge on any atom is -0.368 e. The van der Waals surface area contributed by atoms with E-state index in [1.54, 1.807) is 0 Å². The van der Waals surface area contributed by atoms with Gasteiger partial charge in [-0.1, -0.05) is 39.5 Å². The zero-order valence-electron chi connectivity index (χ0n) is 12.2. The highest BCUT2D eigenvalue weighted by molar-refractivity contribution is 5.48. The maximum atomic E-state index is 13.1. The normalized spacial score (nSPS) is 11.8. The third kappa shape index (κ3) is 5.06. The summed E-state index contributed by atoms with van der Waals surface area (Å²) in [4.78, 5) is 0. The van der Waals surface area contributed by atoms with Gasteiger partial charge >= 0.3 is 6.18 Å². The van der Waals surface area contributed by atoms with Crippen molar-refractivity contribution in [2.24, 2.45) is 0 Å². The minimum absolute atomic E-state index is 0.0555. The smallest absolute Gasteiger partial charge is 0.368 e. The van der Waals surface area contributed by atoms with Crippen LogP contribution in [-0.2, 0) is 12.6 Å². The van der Waals surface area contributed by atoms with E-state index in [4.69, 9.17) is 0 Å².